The van der Waals surface area contributed by atoms with Gasteiger partial charge in [-0.25, -0.2) is 4.98 Å². The average Bonchev–Trinajstić information content (AvgIpc) is 3.37. The van der Waals surface area contributed by atoms with E-state index in [9.17, 15) is 0 Å². The van der Waals surface area contributed by atoms with Gasteiger partial charge in [-0.1, -0.05) is 6.07 Å². The first-order valence-electron chi connectivity index (χ1n) is 9.16. The molecule has 1 aliphatic heterocycles. The number of hydrogen-bond donors (Lipinski definition) is 2. The highest BCUT2D eigenvalue weighted by molar-refractivity contribution is 6.01. The molecular formula is C19H20N8O. The summed E-state index contributed by atoms with van der Waals surface area (Å²) in [4.78, 5) is 11.5. The van der Waals surface area contributed by atoms with Gasteiger partial charge in [0.15, 0.2) is 17.3 Å². The van der Waals surface area contributed by atoms with Gasteiger partial charge in [0, 0.05) is 36.1 Å². The molecule has 142 valence electrons. The number of nitrogen functional groups attached to an aromatic ring is 1. The monoisotopic (exact) mass is 376 g/mol. The van der Waals surface area contributed by atoms with Crippen molar-refractivity contribution < 1.29 is 4.74 Å². The highest BCUT2D eigenvalue weighted by Crippen LogP contribution is 2.35. The lowest BCUT2D eigenvalue weighted by molar-refractivity contribution is 0.0986. The molecule has 1 saturated heterocycles. The number of nitrogens with zero attached hydrogens (tertiary/aromatic N) is 6. The van der Waals surface area contributed by atoms with Crippen LogP contribution in [-0.4, -0.2) is 55.7 Å². The molecule has 9 heteroatoms. The summed E-state index contributed by atoms with van der Waals surface area (Å²) in [6, 6.07) is 8.05. The molecule has 1 aliphatic rings. The van der Waals surface area contributed by atoms with Crippen LogP contribution in [0.15, 0.2) is 42.9 Å². The Balaban J connectivity index is 1.79. The first-order chi connectivity index (χ1) is 13.7. The molecule has 3 N–H and O–H groups in total. The Morgan fingerprint density at radius 1 is 1.29 bits per heavy atom. The minimum Gasteiger partial charge on any atom is -0.382 e. The maximum absolute atomic E-state index is 6.32. The van der Waals surface area contributed by atoms with Gasteiger partial charge in [0.05, 0.1) is 30.8 Å². The first-order valence-corrected chi connectivity index (χ1v) is 9.16. The predicted octanol–water partition coefficient (Wildman–Crippen LogP) is 2.01. The number of anilines is 2. The van der Waals surface area contributed by atoms with Crippen LogP contribution in [0.2, 0.25) is 0 Å². The number of nitrogens with two attached hydrogens (primary N) is 1. The Morgan fingerprint density at radius 3 is 2.96 bits per heavy atom. The Bertz CT molecular complexity index is 1110. The van der Waals surface area contributed by atoms with Crippen molar-refractivity contribution in [3.63, 3.8) is 0 Å². The molecule has 5 heterocycles. The molecule has 0 aromatic carbocycles. The van der Waals surface area contributed by atoms with Crippen LogP contribution >= 0.6 is 0 Å². The SMILES string of the molecule is C[C@@H]1COCCN1c1cc(-c2cccnc2)c2c(N)nn(-c3ccn[nH]3)c2n1. The highest BCUT2D eigenvalue weighted by Gasteiger charge is 2.24. The van der Waals surface area contributed by atoms with E-state index in [-0.39, 0.29) is 6.04 Å². The first kappa shape index (κ1) is 16.7. The van der Waals surface area contributed by atoms with Crippen LogP contribution in [0, 0.1) is 0 Å². The van der Waals surface area contributed by atoms with Gasteiger partial charge in [0.2, 0.25) is 0 Å². The van der Waals surface area contributed by atoms with Gasteiger partial charge < -0.3 is 15.4 Å². The number of rotatable bonds is 3. The summed E-state index contributed by atoms with van der Waals surface area (Å²) in [6.45, 7) is 4.26. The molecule has 0 spiro atoms. The molecule has 4 aromatic rings. The molecule has 0 radical (unpaired) electrons. The van der Waals surface area contributed by atoms with Crippen molar-refractivity contribution in [2.24, 2.45) is 0 Å². The van der Waals surface area contributed by atoms with Crippen LogP contribution in [0.3, 0.4) is 0 Å². The van der Waals surface area contributed by atoms with Crippen LogP contribution in [0.1, 0.15) is 6.92 Å². The van der Waals surface area contributed by atoms with Crippen LogP contribution in [0.5, 0.6) is 0 Å². The molecule has 4 aromatic heterocycles. The van der Waals surface area contributed by atoms with E-state index >= 15 is 0 Å². The molecule has 5 rings (SSSR count). The fraction of sp³-hybridized carbons (Fsp3) is 0.263. The van der Waals surface area contributed by atoms with E-state index in [0.29, 0.717) is 30.5 Å². The van der Waals surface area contributed by atoms with Gasteiger partial charge in [0.1, 0.15) is 5.82 Å². The van der Waals surface area contributed by atoms with Crippen LogP contribution < -0.4 is 10.6 Å². The molecular weight excluding hydrogens is 356 g/mol. The van der Waals surface area contributed by atoms with Crippen molar-refractivity contribution in [2.75, 3.05) is 30.4 Å². The van der Waals surface area contributed by atoms with Crippen molar-refractivity contribution in [1.29, 1.82) is 0 Å². The number of fused-ring (bicyclic) bond motifs is 1. The van der Waals surface area contributed by atoms with Gasteiger partial charge in [-0.15, -0.1) is 5.10 Å². The number of hydrogen-bond acceptors (Lipinski definition) is 7. The average molecular weight is 376 g/mol. The lowest BCUT2D eigenvalue weighted by Crippen LogP contribution is -2.44. The molecule has 28 heavy (non-hydrogen) atoms. The van der Waals surface area contributed by atoms with E-state index in [0.717, 1.165) is 28.9 Å². The van der Waals surface area contributed by atoms with E-state index in [1.807, 2.05) is 24.4 Å². The second kappa shape index (κ2) is 6.61. The fourth-order valence-corrected chi connectivity index (χ4v) is 3.63. The lowest BCUT2D eigenvalue weighted by atomic mass is 10.0. The second-order valence-corrected chi connectivity index (χ2v) is 6.82. The zero-order valence-electron chi connectivity index (χ0n) is 15.4. The zero-order valence-corrected chi connectivity index (χ0v) is 15.4. The number of H-pyrrole nitrogens is 1. The van der Waals surface area contributed by atoms with E-state index in [1.54, 1.807) is 17.1 Å². The summed E-state index contributed by atoms with van der Waals surface area (Å²) in [5, 5.41) is 12.3. The van der Waals surface area contributed by atoms with Gasteiger partial charge in [-0.2, -0.15) is 9.78 Å². The Kier molecular flexibility index (Phi) is 3.94. The van der Waals surface area contributed by atoms with Crippen molar-refractivity contribution in [3.05, 3.63) is 42.9 Å². The number of aromatic amines is 1. The van der Waals surface area contributed by atoms with E-state index in [1.165, 1.54) is 0 Å². The number of morpholine rings is 1. The number of ether oxygens (including phenoxy) is 1. The summed E-state index contributed by atoms with van der Waals surface area (Å²) >= 11 is 0. The Morgan fingerprint density at radius 2 is 2.21 bits per heavy atom. The number of aromatic nitrogens is 6. The predicted molar refractivity (Wildman–Crippen MR) is 106 cm³/mol. The zero-order chi connectivity index (χ0) is 19.1. The van der Waals surface area contributed by atoms with Crippen LogP contribution in [0.4, 0.5) is 11.6 Å². The van der Waals surface area contributed by atoms with Crippen molar-refractivity contribution in [2.45, 2.75) is 13.0 Å². The molecule has 1 atom stereocenters. The maximum Gasteiger partial charge on any atom is 0.169 e. The summed E-state index contributed by atoms with van der Waals surface area (Å²) in [5.74, 6) is 1.99. The minimum absolute atomic E-state index is 0.223. The summed E-state index contributed by atoms with van der Waals surface area (Å²) in [6.07, 6.45) is 5.26. The quantitative estimate of drug-likeness (QED) is 0.563. The van der Waals surface area contributed by atoms with E-state index in [4.69, 9.17) is 15.5 Å². The molecule has 0 amide bonds. The third-order valence-electron chi connectivity index (χ3n) is 5.00. The van der Waals surface area contributed by atoms with Crippen molar-refractivity contribution in [1.82, 2.24) is 29.9 Å². The van der Waals surface area contributed by atoms with E-state index < -0.39 is 0 Å². The standard InChI is InChI=1S/C19H20N8O/c1-12-11-28-8-7-26(12)16-9-14(13-3-2-5-21-10-13)17-18(20)25-27(19(17)23-16)15-4-6-22-24-15/h2-6,9-10,12H,7-8,11H2,1H3,(H2,20,25)(H,22,24)/t12-/m1/s1. The molecule has 0 unspecified atom stereocenters. The van der Waals surface area contributed by atoms with Gasteiger partial charge in [0.25, 0.3) is 0 Å². The van der Waals surface area contributed by atoms with Crippen LogP contribution in [0.25, 0.3) is 28.0 Å². The topological polar surface area (TPSA) is 111 Å². The lowest BCUT2D eigenvalue weighted by Gasteiger charge is -2.34. The number of nitrogens with one attached hydrogen (secondary N) is 1. The third-order valence-corrected chi connectivity index (χ3v) is 5.00. The Labute approximate surface area is 161 Å². The Hall–Kier alpha value is -3.46. The minimum atomic E-state index is 0.223. The van der Waals surface area contributed by atoms with E-state index in [2.05, 4.69) is 38.2 Å². The molecule has 9 nitrogen and oxygen atoms in total. The van der Waals surface area contributed by atoms with Crippen LogP contribution in [-0.2, 0) is 4.74 Å². The molecule has 0 aliphatic carbocycles. The van der Waals surface area contributed by atoms with Gasteiger partial charge >= 0.3 is 0 Å². The second-order valence-electron chi connectivity index (χ2n) is 6.82. The van der Waals surface area contributed by atoms with Crippen molar-refractivity contribution in [3.8, 4) is 16.9 Å². The van der Waals surface area contributed by atoms with Gasteiger partial charge in [-0.05, 0) is 19.1 Å². The largest absolute Gasteiger partial charge is 0.382 e. The third kappa shape index (κ3) is 2.67. The number of pyridine rings is 2. The summed E-state index contributed by atoms with van der Waals surface area (Å²) < 4.78 is 7.29. The molecule has 0 saturated carbocycles. The highest BCUT2D eigenvalue weighted by atomic mass is 16.5. The smallest absolute Gasteiger partial charge is 0.169 e. The van der Waals surface area contributed by atoms with Crippen molar-refractivity contribution >= 4 is 22.7 Å². The molecule has 1 fully saturated rings. The fourth-order valence-electron chi connectivity index (χ4n) is 3.63. The maximum atomic E-state index is 6.32. The normalized spacial score (nSPS) is 17.3. The summed E-state index contributed by atoms with van der Waals surface area (Å²) in [5.41, 5.74) is 8.91. The molecule has 0 bridgehead atoms. The summed E-state index contributed by atoms with van der Waals surface area (Å²) in [7, 11) is 0. The van der Waals surface area contributed by atoms with Gasteiger partial charge in [-0.3, -0.25) is 10.1 Å².